The van der Waals surface area contributed by atoms with Crippen LogP contribution in [0, 0.1) is 40.4 Å². The molecule has 0 radical (unpaired) electrons. The van der Waals surface area contributed by atoms with Gasteiger partial charge in [0.25, 0.3) is 0 Å². The summed E-state index contributed by atoms with van der Waals surface area (Å²) in [6, 6.07) is 0. The molecule has 0 aromatic heterocycles. The summed E-state index contributed by atoms with van der Waals surface area (Å²) in [6.45, 7) is 12.8. The van der Waals surface area contributed by atoms with Crippen molar-refractivity contribution in [3.8, 4) is 0 Å². The molecule has 200 valence electrons. The molecule has 4 fully saturated rings. The van der Waals surface area contributed by atoms with Crippen molar-refractivity contribution < 1.29 is 14.6 Å². The molecular formula is C32H54O3. The highest BCUT2D eigenvalue weighted by Gasteiger charge is 2.61. The van der Waals surface area contributed by atoms with Gasteiger partial charge >= 0.3 is 0 Å². The molecule has 0 spiro atoms. The molecule has 3 heteroatoms. The summed E-state index contributed by atoms with van der Waals surface area (Å²) >= 11 is 0. The van der Waals surface area contributed by atoms with E-state index in [1.807, 2.05) is 0 Å². The summed E-state index contributed by atoms with van der Waals surface area (Å²) in [7, 11) is 0. The normalized spacial score (nSPS) is 45.3. The number of allylic oxidation sites excluding steroid dienone is 1. The Morgan fingerprint density at radius 1 is 1.09 bits per heavy atom. The third kappa shape index (κ3) is 4.92. The maximum absolute atomic E-state index is 11.7. The average Bonchev–Trinajstić information content (AvgIpc) is 3.18. The molecule has 3 nitrogen and oxygen atoms in total. The van der Waals surface area contributed by atoms with E-state index in [0.717, 1.165) is 56.0 Å². The first-order chi connectivity index (χ1) is 16.6. The second-order valence-electron chi connectivity index (χ2n) is 14.4. The SMILES string of the molecule is CC(C)CCCC(C)(O)C1CCC2C3CC=C4CC(OC5CCCCO5)CCC4(C)C3CCC21C. The van der Waals surface area contributed by atoms with Crippen LogP contribution in [0.25, 0.3) is 0 Å². The summed E-state index contributed by atoms with van der Waals surface area (Å²) in [4.78, 5) is 0. The molecule has 1 saturated heterocycles. The number of aliphatic hydroxyl groups is 1. The van der Waals surface area contributed by atoms with E-state index in [-0.39, 0.29) is 6.29 Å². The Hall–Kier alpha value is -0.380. The van der Waals surface area contributed by atoms with Crippen molar-refractivity contribution in [2.24, 2.45) is 40.4 Å². The molecule has 9 atom stereocenters. The quantitative estimate of drug-likeness (QED) is 0.370. The van der Waals surface area contributed by atoms with Gasteiger partial charge in [0, 0.05) is 6.61 Å². The maximum Gasteiger partial charge on any atom is 0.157 e. The van der Waals surface area contributed by atoms with Crippen molar-refractivity contribution in [2.45, 2.75) is 143 Å². The van der Waals surface area contributed by atoms with Gasteiger partial charge in [0.05, 0.1) is 11.7 Å². The van der Waals surface area contributed by atoms with Crippen LogP contribution in [0.5, 0.6) is 0 Å². The number of rotatable bonds is 7. The lowest BCUT2D eigenvalue weighted by molar-refractivity contribution is -0.195. The van der Waals surface area contributed by atoms with Crippen molar-refractivity contribution in [3.05, 3.63) is 11.6 Å². The largest absolute Gasteiger partial charge is 0.390 e. The number of hydrogen-bond donors (Lipinski definition) is 1. The van der Waals surface area contributed by atoms with Gasteiger partial charge in [-0.1, -0.05) is 52.2 Å². The van der Waals surface area contributed by atoms with Crippen LogP contribution in [0.1, 0.15) is 125 Å². The lowest BCUT2D eigenvalue weighted by Crippen LogP contribution is -2.53. The molecule has 4 aliphatic carbocycles. The first-order valence-electron chi connectivity index (χ1n) is 15.3. The molecule has 5 rings (SSSR count). The van der Waals surface area contributed by atoms with Gasteiger partial charge in [0.1, 0.15) is 0 Å². The van der Waals surface area contributed by atoms with Gasteiger partial charge < -0.3 is 14.6 Å². The molecule has 1 N–H and O–H groups in total. The monoisotopic (exact) mass is 486 g/mol. The van der Waals surface area contributed by atoms with Crippen LogP contribution < -0.4 is 0 Å². The van der Waals surface area contributed by atoms with E-state index >= 15 is 0 Å². The third-order valence-corrected chi connectivity index (χ3v) is 11.8. The summed E-state index contributed by atoms with van der Waals surface area (Å²) < 4.78 is 12.4. The Kier molecular flexibility index (Phi) is 7.54. The molecule has 5 aliphatic rings. The van der Waals surface area contributed by atoms with Crippen LogP contribution in [0.2, 0.25) is 0 Å². The van der Waals surface area contributed by atoms with Crippen LogP contribution in [0.15, 0.2) is 11.6 Å². The van der Waals surface area contributed by atoms with E-state index in [9.17, 15) is 5.11 Å². The number of fused-ring (bicyclic) bond motifs is 5. The van der Waals surface area contributed by atoms with E-state index < -0.39 is 5.60 Å². The standard InChI is InChI=1S/C32H54O3/c1-22(2)9-8-17-32(5,33)28-14-13-26-25-12-11-23-21-24(35-29-10-6-7-20-34-29)15-18-30(23,3)27(25)16-19-31(26,28)4/h11,22,24-29,33H,6-10,12-21H2,1-5H3. The van der Waals surface area contributed by atoms with Crippen molar-refractivity contribution in [1.82, 2.24) is 0 Å². The van der Waals surface area contributed by atoms with E-state index in [1.54, 1.807) is 5.57 Å². The molecule has 0 aromatic rings. The van der Waals surface area contributed by atoms with Crippen LogP contribution in [0.3, 0.4) is 0 Å². The molecular weight excluding hydrogens is 432 g/mol. The minimum absolute atomic E-state index is 0.0363. The Morgan fingerprint density at radius 3 is 2.66 bits per heavy atom. The Balaban J connectivity index is 1.27. The zero-order valence-electron chi connectivity index (χ0n) is 23.5. The van der Waals surface area contributed by atoms with Gasteiger partial charge in [-0.15, -0.1) is 0 Å². The molecule has 1 heterocycles. The van der Waals surface area contributed by atoms with Crippen molar-refractivity contribution in [1.29, 1.82) is 0 Å². The van der Waals surface area contributed by atoms with E-state index in [0.29, 0.717) is 22.9 Å². The van der Waals surface area contributed by atoms with Crippen LogP contribution in [-0.4, -0.2) is 29.7 Å². The molecule has 9 unspecified atom stereocenters. The first-order valence-corrected chi connectivity index (χ1v) is 15.3. The third-order valence-electron chi connectivity index (χ3n) is 11.8. The highest BCUT2D eigenvalue weighted by Crippen LogP contribution is 2.67. The minimum Gasteiger partial charge on any atom is -0.390 e. The molecule has 35 heavy (non-hydrogen) atoms. The second-order valence-corrected chi connectivity index (χ2v) is 14.4. The first kappa shape index (κ1) is 26.2. The van der Waals surface area contributed by atoms with Crippen LogP contribution >= 0.6 is 0 Å². The molecule has 3 saturated carbocycles. The molecule has 0 amide bonds. The fourth-order valence-corrected chi connectivity index (χ4v) is 9.84. The zero-order valence-corrected chi connectivity index (χ0v) is 23.5. The summed E-state index contributed by atoms with van der Waals surface area (Å²) in [6.07, 6.45) is 19.9. The molecule has 1 aliphatic heterocycles. The van der Waals surface area contributed by atoms with Crippen molar-refractivity contribution >= 4 is 0 Å². The van der Waals surface area contributed by atoms with Crippen molar-refractivity contribution in [3.63, 3.8) is 0 Å². The molecule has 0 bridgehead atoms. The van der Waals surface area contributed by atoms with Gasteiger partial charge in [-0.25, -0.2) is 0 Å². The number of ether oxygens (including phenoxy) is 2. The fraction of sp³-hybridized carbons (Fsp3) is 0.938. The summed E-state index contributed by atoms with van der Waals surface area (Å²) in [5, 5.41) is 11.7. The van der Waals surface area contributed by atoms with Gasteiger partial charge in [-0.2, -0.15) is 0 Å². The topological polar surface area (TPSA) is 38.7 Å². The van der Waals surface area contributed by atoms with E-state index in [4.69, 9.17) is 9.47 Å². The van der Waals surface area contributed by atoms with Gasteiger partial charge in [-0.05, 0) is 124 Å². The van der Waals surface area contributed by atoms with E-state index in [2.05, 4.69) is 40.7 Å². The number of hydrogen-bond acceptors (Lipinski definition) is 3. The van der Waals surface area contributed by atoms with Gasteiger partial charge in [-0.3, -0.25) is 0 Å². The average molecular weight is 487 g/mol. The Labute approximate surface area is 215 Å². The Morgan fingerprint density at radius 2 is 1.91 bits per heavy atom. The lowest BCUT2D eigenvalue weighted by atomic mass is 9.46. The summed E-state index contributed by atoms with van der Waals surface area (Å²) in [5.41, 5.74) is 1.85. The Bertz CT molecular complexity index is 765. The minimum atomic E-state index is -0.513. The predicted octanol–water partition coefficient (Wildman–Crippen LogP) is 8.05. The van der Waals surface area contributed by atoms with Crippen LogP contribution in [0.4, 0.5) is 0 Å². The second kappa shape index (κ2) is 10.1. The highest BCUT2D eigenvalue weighted by molar-refractivity contribution is 5.25. The zero-order chi connectivity index (χ0) is 24.8. The summed E-state index contributed by atoms with van der Waals surface area (Å²) in [5.74, 6) is 3.59. The van der Waals surface area contributed by atoms with Gasteiger partial charge in [0.2, 0.25) is 0 Å². The smallest absolute Gasteiger partial charge is 0.157 e. The molecule has 0 aromatic carbocycles. The van der Waals surface area contributed by atoms with E-state index in [1.165, 1.54) is 64.2 Å². The fourth-order valence-electron chi connectivity index (χ4n) is 9.84. The van der Waals surface area contributed by atoms with Crippen LogP contribution in [-0.2, 0) is 9.47 Å². The maximum atomic E-state index is 11.7. The lowest BCUT2D eigenvalue weighted by Gasteiger charge is -2.59. The predicted molar refractivity (Wildman–Crippen MR) is 143 cm³/mol. The highest BCUT2D eigenvalue weighted by atomic mass is 16.7. The van der Waals surface area contributed by atoms with Gasteiger partial charge in [0.15, 0.2) is 6.29 Å². The van der Waals surface area contributed by atoms with Crippen molar-refractivity contribution in [2.75, 3.05) is 6.61 Å².